The standard InChI is InChI=1S/C12H22O3/c1-8(2)6-10(12(14)15-5)7-11(13)9(3)4/h8-10H,6-7H2,1-5H3. The van der Waals surface area contributed by atoms with Crippen LogP contribution in [0.2, 0.25) is 0 Å². The van der Waals surface area contributed by atoms with Gasteiger partial charge in [-0.2, -0.15) is 0 Å². The van der Waals surface area contributed by atoms with Crippen LogP contribution in [0.3, 0.4) is 0 Å². The van der Waals surface area contributed by atoms with Gasteiger partial charge in [0, 0.05) is 12.3 Å². The molecule has 3 heteroatoms. The zero-order valence-corrected chi connectivity index (χ0v) is 10.4. The van der Waals surface area contributed by atoms with Gasteiger partial charge in [-0.25, -0.2) is 0 Å². The van der Waals surface area contributed by atoms with Crippen molar-refractivity contribution in [1.29, 1.82) is 0 Å². The van der Waals surface area contributed by atoms with E-state index in [1.165, 1.54) is 7.11 Å². The SMILES string of the molecule is COC(=O)C(CC(=O)C(C)C)CC(C)C. The van der Waals surface area contributed by atoms with Crippen LogP contribution in [0, 0.1) is 17.8 Å². The molecule has 0 amide bonds. The number of hydrogen-bond acceptors (Lipinski definition) is 3. The second-order valence-electron chi connectivity index (χ2n) is 4.67. The first kappa shape index (κ1) is 14.1. The second kappa shape index (κ2) is 6.59. The maximum Gasteiger partial charge on any atom is 0.309 e. The first-order chi connectivity index (χ1) is 6.88. The summed E-state index contributed by atoms with van der Waals surface area (Å²) in [5.41, 5.74) is 0. The Hall–Kier alpha value is -0.860. The van der Waals surface area contributed by atoms with Crippen LogP contribution in [0.5, 0.6) is 0 Å². The normalized spacial score (nSPS) is 13.0. The van der Waals surface area contributed by atoms with E-state index in [1.807, 2.05) is 27.7 Å². The molecule has 0 heterocycles. The molecule has 0 spiro atoms. The molecule has 1 atom stereocenters. The minimum Gasteiger partial charge on any atom is -0.469 e. The molecule has 0 rings (SSSR count). The average molecular weight is 214 g/mol. The molecule has 0 saturated carbocycles. The summed E-state index contributed by atoms with van der Waals surface area (Å²) in [5.74, 6) is -0.0213. The van der Waals surface area contributed by atoms with E-state index in [2.05, 4.69) is 0 Å². The van der Waals surface area contributed by atoms with Crippen molar-refractivity contribution in [2.45, 2.75) is 40.5 Å². The van der Waals surface area contributed by atoms with Crippen molar-refractivity contribution in [2.24, 2.45) is 17.8 Å². The Bertz CT molecular complexity index is 219. The minimum absolute atomic E-state index is 0.00989. The molecule has 0 saturated heterocycles. The maximum atomic E-state index is 11.5. The lowest BCUT2D eigenvalue weighted by Crippen LogP contribution is -2.23. The Morgan fingerprint density at radius 3 is 2.00 bits per heavy atom. The molecule has 0 fully saturated rings. The number of Topliss-reactive ketones (excluding diaryl/α,β-unsaturated/α-hetero) is 1. The second-order valence-corrected chi connectivity index (χ2v) is 4.67. The van der Waals surface area contributed by atoms with Gasteiger partial charge in [0.2, 0.25) is 0 Å². The Kier molecular flexibility index (Phi) is 6.21. The van der Waals surface area contributed by atoms with Gasteiger partial charge in [-0.15, -0.1) is 0 Å². The number of rotatable bonds is 6. The quantitative estimate of drug-likeness (QED) is 0.638. The summed E-state index contributed by atoms with van der Waals surface area (Å²) < 4.78 is 4.70. The molecule has 1 unspecified atom stereocenters. The van der Waals surface area contributed by atoms with Crippen molar-refractivity contribution < 1.29 is 14.3 Å². The largest absolute Gasteiger partial charge is 0.469 e. The Morgan fingerprint density at radius 2 is 1.67 bits per heavy atom. The van der Waals surface area contributed by atoms with E-state index in [0.717, 1.165) is 0 Å². The highest BCUT2D eigenvalue weighted by Gasteiger charge is 2.24. The summed E-state index contributed by atoms with van der Waals surface area (Å²) >= 11 is 0. The highest BCUT2D eigenvalue weighted by atomic mass is 16.5. The number of ketones is 1. The molecule has 0 bridgehead atoms. The fourth-order valence-corrected chi connectivity index (χ4v) is 1.48. The smallest absolute Gasteiger partial charge is 0.309 e. The molecule has 15 heavy (non-hydrogen) atoms. The van der Waals surface area contributed by atoms with E-state index in [-0.39, 0.29) is 23.6 Å². The minimum atomic E-state index is -0.273. The number of methoxy groups -OCH3 is 1. The van der Waals surface area contributed by atoms with Crippen LogP contribution in [0.4, 0.5) is 0 Å². The number of carbonyl (C=O) groups excluding carboxylic acids is 2. The summed E-state index contributed by atoms with van der Waals surface area (Å²) in [7, 11) is 1.37. The van der Waals surface area contributed by atoms with Crippen molar-refractivity contribution >= 4 is 11.8 Å². The third kappa shape index (κ3) is 5.55. The molecular formula is C12H22O3. The van der Waals surface area contributed by atoms with Gasteiger partial charge < -0.3 is 4.74 Å². The van der Waals surface area contributed by atoms with Crippen molar-refractivity contribution in [3.8, 4) is 0 Å². The third-order valence-electron chi connectivity index (χ3n) is 2.38. The number of ether oxygens (including phenoxy) is 1. The molecule has 88 valence electrons. The first-order valence-corrected chi connectivity index (χ1v) is 5.49. The predicted molar refractivity (Wildman–Crippen MR) is 59.4 cm³/mol. The van der Waals surface area contributed by atoms with Gasteiger partial charge in [-0.3, -0.25) is 9.59 Å². The van der Waals surface area contributed by atoms with Crippen molar-refractivity contribution in [2.75, 3.05) is 7.11 Å². The van der Waals surface area contributed by atoms with E-state index in [4.69, 9.17) is 4.74 Å². The van der Waals surface area contributed by atoms with Crippen molar-refractivity contribution in [3.05, 3.63) is 0 Å². The van der Waals surface area contributed by atoms with Crippen LogP contribution in [-0.4, -0.2) is 18.9 Å². The third-order valence-corrected chi connectivity index (χ3v) is 2.38. The summed E-state index contributed by atoms with van der Waals surface area (Å²) in [6.45, 7) is 7.78. The highest BCUT2D eigenvalue weighted by molar-refractivity contribution is 5.85. The topological polar surface area (TPSA) is 43.4 Å². The van der Waals surface area contributed by atoms with Crippen LogP contribution in [0.25, 0.3) is 0 Å². The van der Waals surface area contributed by atoms with Crippen LogP contribution in [0.1, 0.15) is 40.5 Å². The van der Waals surface area contributed by atoms with Gasteiger partial charge in [0.25, 0.3) is 0 Å². The van der Waals surface area contributed by atoms with E-state index >= 15 is 0 Å². The molecule has 0 radical (unpaired) electrons. The first-order valence-electron chi connectivity index (χ1n) is 5.49. The van der Waals surface area contributed by atoms with Gasteiger partial charge in [-0.05, 0) is 12.3 Å². The zero-order valence-electron chi connectivity index (χ0n) is 10.4. The van der Waals surface area contributed by atoms with Gasteiger partial charge in [0.15, 0.2) is 0 Å². The Labute approximate surface area is 92.2 Å². The molecule has 0 aromatic rings. The maximum absolute atomic E-state index is 11.5. The lowest BCUT2D eigenvalue weighted by atomic mass is 9.90. The van der Waals surface area contributed by atoms with E-state index < -0.39 is 0 Å². The van der Waals surface area contributed by atoms with Crippen LogP contribution >= 0.6 is 0 Å². The average Bonchev–Trinajstić information content (AvgIpc) is 2.14. The molecule has 0 aromatic heterocycles. The summed E-state index contributed by atoms with van der Waals surface area (Å²) in [5, 5.41) is 0. The summed E-state index contributed by atoms with van der Waals surface area (Å²) in [6, 6.07) is 0. The zero-order chi connectivity index (χ0) is 12.0. The number of esters is 1. The van der Waals surface area contributed by atoms with E-state index in [0.29, 0.717) is 18.8 Å². The van der Waals surface area contributed by atoms with E-state index in [1.54, 1.807) is 0 Å². The predicted octanol–water partition coefficient (Wildman–Crippen LogP) is 2.44. The van der Waals surface area contributed by atoms with Gasteiger partial charge >= 0.3 is 5.97 Å². The molecular weight excluding hydrogens is 192 g/mol. The Balaban J connectivity index is 4.37. The fourth-order valence-electron chi connectivity index (χ4n) is 1.48. The van der Waals surface area contributed by atoms with Crippen molar-refractivity contribution in [3.63, 3.8) is 0 Å². The lowest BCUT2D eigenvalue weighted by Gasteiger charge is -2.16. The number of hydrogen-bond donors (Lipinski definition) is 0. The van der Waals surface area contributed by atoms with Crippen LogP contribution in [-0.2, 0) is 14.3 Å². The molecule has 0 aliphatic rings. The molecule has 0 aromatic carbocycles. The fraction of sp³-hybridized carbons (Fsp3) is 0.833. The molecule has 3 nitrogen and oxygen atoms in total. The van der Waals surface area contributed by atoms with Crippen LogP contribution in [0.15, 0.2) is 0 Å². The van der Waals surface area contributed by atoms with Crippen molar-refractivity contribution in [1.82, 2.24) is 0 Å². The molecule has 0 aliphatic carbocycles. The number of carbonyl (C=O) groups is 2. The van der Waals surface area contributed by atoms with Gasteiger partial charge in [0.1, 0.15) is 5.78 Å². The molecule has 0 N–H and O–H groups in total. The van der Waals surface area contributed by atoms with Gasteiger partial charge in [0.05, 0.1) is 13.0 Å². The van der Waals surface area contributed by atoms with Crippen LogP contribution < -0.4 is 0 Å². The highest BCUT2D eigenvalue weighted by Crippen LogP contribution is 2.19. The van der Waals surface area contributed by atoms with E-state index in [9.17, 15) is 9.59 Å². The summed E-state index contributed by atoms with van der Waals surface area (Å²) in [6.07, 6.45) is 1.02. The monoisotopic (exact) mass is 214 g/mol. The van der Waals surface area contributed by atoms with Gasteiger partial charge in [-0.1, -0.05) is 27.7 Å². The summed E-state index contributed by atoms with van der Waals surface area (Å²) in [4.78, 5) is 23.0. The molecule has 0 aliphatic heterocycles. The lowest BCUT2D eigenvalue weighted by molar-refractivity contribution is -0.148. The Morgan fingerprint density at radius 1 is 1.13 bits per heavy atom.